The summed E-state index contributed by atoms with van der Waals surface area (Å²) in [5.74, 6) is -1.42. The Morgan fingerprint density at radius 1 is 1.30 bits per heavy atom. The molecule has 0 aliphatic heterocycles. The Hall–Kier alpha value is -2.45. The van der Waals surface area contributed by atoms with E-state index in [0.29, 0.717) is 13.1 Å². The van der Waals surface area contributed by atoms with E-state index >= 15 is 0 Å². The fourth-order valence-electron chi connectivity index (χ4n) is 2.08. The zero-order chi connectivity index (χ0) is 17.6. The molecule has 1 heterocycles. The van der Waals surface area contributed by atoms with Gasteiger partial charge in [0.1, 0.15) is 12.6 Å². The van der Waals surface area contributed by atoms with Gasteiger partial charge in [-0.15, -0.1) is 5.10 Å². The van der Waals surface area contributed by atoms with Crippen molar-refractivity contribution in [3.8, 4) is 0 Å². The quantitative estimate of drug-likeness (QED) is 0.660. The van der Waals surface area contributed by atoms with E-state index in [1.807, 2.05) is 13.8 Å². The molecule has 9 nitrogen and oxygen atoms in total. The summed E-state index contributed by atoms with van der Waals surface area (Å²) in [6, 6.07) is -0.787. The van der Waals surface area contributed by atoms with Crippen molar-refractivity contribution in [3.63, 3.8) is 0 Å². The van der Waals surface area contributed by atoms with E-state index < -0.39 is 17.9 Å². The van der Waals surface area contributed by atoms with Crippen molar-refractivity contribution in [3.05, 3.63) is 11.9 Å². The number of primary amides is 1. The molecule has 1 atom stereocenters. The number of hydrogen-bond acceptors (Lipinski definition) is 5. The fraction of sp³-hybridized carbons (Fsp3) is 0.643. The first kappa shape index (κ1) is 18.6. The molecule has 23 heavy (non-hydrogen) atoms. The number of nitrogens with one attached hydrogen (secondary N) is 1. The third kappa shape index (κ3) is 5.04. The van der Waals surface area contributed by atoms with Gasteiger partial charge >= 0.3 is 0 Å². The highest BCUT2D eigenvalue weighted by molar-refractivity contribution is 5.95. The molecule has 0 spiro atoms. The molecule has 128 valence electrons. The van der Waals surface area contributed by atoms with Gasteiger partial charge in [-0.3, -0.25) is 14.4 Å². The number of aromatic nitrogens is 3. The minimum atomic E-state index is -0.787. The summed E-state index contributed by atoms with van der Waals surface area (Å²) < 4.78 is 1.30. The second-order valence-electron chi connectivity index (χ2n) is 5.46. The highest BCUT2D eigenvalue weighted by Gasteiger charge is 2.24. The number of nitrogens with zero attached hydrogens (tertiary/aromatic N) is 4. The predicted molar refractivity (Wildman–Crippen MR) is 83.2 cm³/mol. The van der Waals surface area contributed by atoms with Gasteiger partial charge in [-0.25, -0.2) is 4.68 Å². The summed E-state index contributed by atoms with van der Waals surface area (Å²) in [7, 11) is 0. The van der Waals surface area contributed by atoms with E-state index in [1.54, 1.807) is 18.7 Å². The van der Waals surface area contributed by atoms with E-state index in [1.165, 1.54) is 10.9 Å². The lowest BCUT2D eigenvalue weighted by atomic mass is 10.0. The lowest BCUT2D eigenvalue weighted by molar-refractivity contribution is -0.131. The van der Waals surface area contributed by atoms with Gasteiger partial charge in [-0.1, -0.05) is 19.1 Å². The second kappa shape index (κ2) is 8.25. The molecule has 0 radical (unpaired) electrons. The minimum absolute atomic E-state index is 0.00535. The van der Waals surface area contributed by atoms with Crippen LogP contribution in [0.3, 0.4) is 0 Å². The number of likely N-dealkylation sites (N-methyl/N-ethyl adjacent to an activating group) is 1. The van der Waals surface area contributed by atoms with Crippen LogP contribution >= 0.6 is 0 Å². The Balaban J connectivity index is 2.73. The molecule has 0 aromatic carbocycles. The van der Waals surface area contributed by atoms with Gasteiger partial charge in [-0.2, -0.15) is 0 Å². The Bertz CT molecular complexity index is 565. The van der Waals surface area contributed by atoms with Gasteiger partial charge in [-0.05, 0) is 19.8 Å². The van der Waals surface area contributed by atoms with Gasteiger partial charge in [0.15, 0.2) is 5.69 Å². The maximum Gasteiger partial charge on any atom is 0.274 e. The van der Waals surface area contributed by atoms with Crippen LogP contribution in [0.2, 0.25) is 0 Å². The van der Waals surface area contributed by atoms with Gasteiger partial charge < -0.3 is 16.0 Å². The van der Waals surface area contributed by atoms with Crippen LogP contribution in [-0.2, 0) is 16.1 Å². The third-order valence-electron chi connectivity index (χ3n) is 3.44. The molecular weight excluding hydrogens is 300 g/mol. The number of hydrogen-bond donors (Lipinski definition) is 2. The Labute approximate surface area is 135 Å². The van der Waals surface area contributed by atoms with Crippen molar-refractivity contribution in [1.82, 2.24) is 25.2 Å². The standard InChI is InChI=1S/C14H24N6O3/c1-5-19(6-2)11(21)8-20-7-10(17-18-20)14(23)16-12(9(3)4)13(15)22/h7,9,12H,5-6,8H2,1-4H3,(H2,15,22)(H,16,23)/t12-/m0/s1. The summed E-state index contributed by atoms with van der Waals surface area (Å²) in [5, 5.41) is 10.0. The van der Waals surface area contributed by atoms with Gasteiger partial charge in [0.25, 0.3) is 5.91 Å². The van der Waals surface area contributed by atoms with Crippen molar-refractivity contribution in [2.24, 2.45) is 11.7 Å². The first-order chi connectivity index (χ1) is 10.8. The second-order valence-corrected chi connectivity index (χ2v) is 5.46. The lowest BCUT2D eigenvalue weighted by Crippen LogP contribution is -2.47. The summed E-state index contributed by atoms with van der Waals surface area (Å²) in [6.45, 7) is 8.53. The van der Waals surface area contributed by atoms with E-state index in [-0.39, 0.29) is 24.1 Å². The normalized spacial score (nSPS) is 12.0. The molecule has 9 heteroatoms. The lowest BCUT2D eigenvalue weighted by Gasteiger charge is -2.18. The first-order valence-electron chi connectivity index (χ1n) is 7.58. The Morgan fingerprint density at radius 2 is 1.91 bits per heavy atom. The van der Waals surface area contributed by atoms with Crippen LogP contribution in [0.1, 0.15) is 38.2 Å². The molecule has 1 rings (SSSR count). The van der Waals surface area contributed by atoms with Crippen molar-refractivity contribution < 1.29 is 14.4 Å². The number of carbonyl (C=O) groups is 3. The average molecular weight is 324 g/mol. The van der Waals surface area contributed by atoms with Crippen LogP contribution < -0.4 is 11.1 Å². The molecular formula is C14H24N6O3. The highest BCUT2D eigenvalue weighted by atomic mass is 16.2. The summed E-state index contributed by atoms with van der Waals surface area (Å²) in [4.78, 5) is 37.0. The maximum absolute atomic E-state index is 12.1. The number of amides is 3. The Kier molecular flexibility index (Phi) is 6.67. The van der Waals surface area contributed by atoms with Crippen molar-refractivity contribution in [2.45, 2.75) is 40.3 Å². The minimum Gasteiger partial charge on any atom is -0.368 e. The van der Waals surface area contributed by atoms with Crippen LogP contribution in [0.4, 0.5) is 0 Å². The molecule has 0 saturated carbocycles. The van der Waals surface area contributed by atoms with Crippen LogP contribution in [0.25, 0.3) is 0 Å². The van der Waals surface area contributed by atoms with Crippen LogP contribution in [-0.4, -0.2) is 56.7 Å². The van der Waals surface area contributed by atoms with E-state index in [2.05, 4.69) is 15.6 Å². The summed E-state index contributed by atoms with van der Waals surface area (Å²) in [5.41, 5.74) is 5.29. The van der Waals surface area contributed by atoms with Crippen LogP contribution in [0.15, 0.2) is 6.20 Å². The largest absolute Gasteiger partial charge is 0.368 e. The monoisotopic (exact) mass is 324 g/mol. The molecule has 0 bridgehead atoms. The zero-order valence-electron chi connectivity index (χ0n) is 13.9. The van der Waals surface area contributed by atoms with E-state index in [4.69, 9.17) is 5.73 Å². The van der Waals surface area contributed by atoms with Gasteiger partial charge in [0, 0.05) is 13.1 Å². The number of nitrogens with two attached hydrogens (primary N) is 1. The number of carbonyl (C=O) groups excluding carboxylic acids is 3. The fourth-order valence-corrected chi connectivity index (χ4v) is 2.08. The molecule has 0 aliphatic rings. The third-order valence-corrected chi connectivity index (χ3v) is 3.44. The van der Waals surface area contributed by atoms with Crippen molar-refractivity contribution >= 4 is 17.7 Å². The smallest absolute Gasteiger partial charge is 0.274 e. The maximum atomic E-state index is 12.1. The van der Waals surface area contributed by atoms with Gasteiger partial charge in [0.05, 0.1) is 6.20 Å². The molecule has 1 aromatic heterocycles. The molecule has 3 amide bonds. The molecule has 0 aliphatic carbocycles. The SMILES string of the molecule is CCN(CC)C(=O)Cn1cc(C(=O)N[C@H](C(N)=O)C(C)C)nn1. The topological polar surface area (TPSA) is 123 Å². The molecule has 0 unspecified atom stereocenters. The predicted octanol–water partition coefficient (Wildman–Crippen LogP) is -0.614. The zero-order valence-corrected chi connectivity index (χ0v) is 13.9. The Morgan fingerprint density at radius 3 is 2.39 bits per heavy atom. The summed E-state index contributed by atoms with van der Waals surface area (Å²) >= 11 is 0. The van der Waals surface area contributed by atoms with E-state index in [9.17, 15) is 14.4 Å². The first-order valence-corrected chi connectivity index (χ1v) is 7.58. The van der Waals surface area contributed by atoms with Crippen molar-refractivity contribution in [1.29, 1.82) is 0 Å². The molecule has 0 fully saturated rings. The van der Waals surface area contributed by atoms with Gasteiger partial charge in [0.2, 0.25) is 11.8 Å². The number of rotatable bonds is 8. The molecule has 1 aromatic rings. The van der Waals surface area contributed by atoms with Crippen LogP contribution in [0, 0.1) is 5.92 Å². The van der Waals surface area contributed by atoms with Crippen LogP contribution in [0.5, 0.6) is 0 Å². The summed E-state index contributed by atoms with van der Waals surface area (Å²) in [6.07, 6.45) is 1.37. The van der Waals surface area contributed by atoms with Crippen molar-refractivity contribution in [2.75, 3.05) is 13.1 Å². The molecule has 3 N–H and O–H groups in total. The average Bonchev–Trinajstić information content (AvgIpc) is 2.93. The molecule has 0 saturated heterocycles. The highest BCUT2D eigenvalue weighted by Crippen LogP contribution is 2.03. The van der Waals surface area contributed by atoms with E-state index in [0.717, 1.165) is 0 Å².